The van der Waals surface area contributed by atoms with Gasteiger partial charge in [-0.1, -0.05) is 79.6 Å². The van der Waals surface area contributed by atoms with Gasteiger partial charge in [0.15, 0.2) is 9.84 Å². The van der Waals surface area contributed by atoms with E-state index in [0.717, 1.165) is 5.57 Å². The molecule has 32 heavy (non-hydrogen) atoms. The highest BCUT2D eigenvalue weighted by molar-refractivity contribution is 7.91. The van der Waals surface area contributed by atoms with Gasteiger partial charge >= 0.3 is 0 Å². The van der Waals surface area contributed by atoms with Crippen LogP contribution in [0, 0.1) is 28.7 Å². The van der Waals surface area contributed by atoms with Gasteiger partial charge in [-0.15, -0.1) is 0 Å². The molecular weight excluding hydrogens is 420 g/mol. The number of nitriles is 1. The van der Waals surface area contributed by atoms with Crippen molar-refractivity contribution in [3.05, 3.63) is 95.6 Å². The van der Waals surface area contributed by atoms with E-state index < -0.39 is 20.5 Å². The average Bonchev–Trinajstić information content (AvgIpc) is 2.84. The van der Waals surface area contributed by atoms with Crippen molar-refractivity contribution in [3.8, 4) is 18.0 Å². The van der Waals surface area contributed by atoms with Crippen LogP contribution in [-0.4, -0.2) is 20.1 Å². The predicted octanol–water partition coefficient (Wildman–Crippen LogP) is 4.34. The molecule has 3 rings (SSSR count). The van der Waals surface area contributed by atoms with Crippen LogP contribution in [0.5, 0.6) is 0 Å². The number of amides is 1. The van der Waals surface area contributed by atoms with Crippen LogP contribution in [0.25, 0.3) is 0 Å². The number of hydrogen-bond donors (Lipinski definition) is 1. The molecule has 0 aromatic heterocycles. The SMILES string of the molecule is CCS(=O)(=O)C(c1ccccc1)C1(C#N)C=CC(CC#CNC(=O)c2ccccc2)=CC1. The number of rotatable bonds is 6. The quantitative estimate of drug-likeness (QED) is 0.530. The summed E-state index contributed by atoms with van der Waals surface area (Å²) in [6.45, 7) is 1.60. The standard InChI is InChI=1S/C26H24N2O3S/c1-2-32(30,31)24(22-11-5-3-6-12-22)26(20-27)17-15-21(16-18-26)10-9-19-28-25(29)23-13-7-4-8-14-23/h3-8,11-17,24H,2,10,18H2,1H3,(H,28,29). The van der Waals surface area contributed by atoms with Crippen LogP contribution < -0.4 is 5.32 Å². The molecule has 0 fully saturated rings. The third-order valence-corrected chi connectivity index (χ3v) is 7.65. The maximum atomic E-state index is 13.0. The highest BCUT2D eigenvalue weighted by Gasteiger charge is 2.45. The zero-order valence-electron chi connectivity index (χ0n) is 17.8. The Morgan fingerprint density at radius 2 is 1.78 bits per heavy atom. The molecule has 0 aliphatic heterocycles. The molecule has 1 aliphatic rings. The van der Waals surface area contributed by atoms with Gasteiger partial charge in [0.25, 0.3) is 5.91 Å². The van der Waals surface area contributed by atoms with Crippen LogP contribution in [0.1, 0.15) is 40.9 Å². The van der Waals surface area contributed by atoms with E-state index in [1.807, 2.05) is 18.2 Å². The lowest BCUT2D eigenvalue weighted by atomic mass is 9.76. The fourth-order valence-electron chi connectivity index (χ4n) is 3.69. The van der Waals surface area contributed by atoms with Gasteiger partial charge < -0.3 is 0 Å². The van der Waals surface area contributed by atoms with Gasteiger partial charge in [0.05, 0.1) is 11.5 Å². The fraction of sp³-hybridized carbons (Fsp3) is 0.231. The summed E-state index contributed by atoms with van der Waals surface area (Å²) in [6.07, 6.45) is 5.97. The summed E-state index contributed by atoms with van der Waals surface area (Å²) in [6, 6.07) is 22.6. The van der Waals surface area contributed by atoms with Crippen molar-refractivity contribution >= 4 is 15.7 Å². The third-order valence-electron chi connectivity index (χ3n) is 5.43. The van der Waals surface area contributed by atoms with Crippen molar-refractivity contribution < 1.29 is 13.2 Å². The third kappa shape index (κ3) is 5.17. The molecule has 2 unspecified atom stereocenters. The van der Waals surface area contributed by atoms with E-state index in [-0.39, 0.29) is 18.1 Å². The van der Waals surface area contributed by atoms with Crippen LogP contribution in [0.15, 0.2) is 84.5 Å². The highest BCUT2D eigenvalue weighted by atomic mass is 32.2. The molecule has 2 aromatic rings. The Kier molecular flexibility index (Phi) is 7.30. The second-order valence-electron chi connectivity index (χ2n) is 7.51. The number of nitrogens with one attached hydrogen (secondary N) is 1. The molecule has 2 aromatic carbocycles. The van der Waals surface area contributed by atoms with Gasteiger partial charge in [-0.3, -0.25) is 10.1 Å². The van der Waals surface area contributed by atoms with Crippen molar-refractivity contribution in [1.29, 1.82) is 5.26 Å². The summed E-state index contributed by atoms with van der Waals surface area (Å²) in [5.74, 6) is 2.58. The number of sulfone groups is 1. The maximum absolute atomic E-state index is 13.0. The first-order chi connectivity index (χ1) is 15.4. The van der Waals surface area contributed by atoms with Crippen molar-refractivity contribution in [2.75, 3.05) is 5.75 Å². The maximum Gasteiger partial charge on any atom is 0.262 e. The molecule has 6 heteroatoms. The van der Waals surface area contributed by atoms with Crippen LogP contribution >= 0.6 is 0 Å². The Balaban J connectivity index is 1.74. The number of allylic oxidation sites excluding steroid dienone is 4. The molecule has 1 N–H and O–H groups in total. The van der Waals surface area contributed by atoms with Crippen molar-refractivity contribution in [2.45, 2.75) is 25.0 Å². The molecule has 0 radical (unpaired) electrons. The van der Waals surface area contributed by atoms with E-state index in [2.05, 4.69) is 23.4 Å². The predicted molar refractivity (Wildman–Crippen MR) is 125 cm³/mol. The summed E-state index contributed by atoms with van der Waals surface area (Å²) < 4.78 is 25.9. The monoisotopic (exact) mass is 444 g/mol. The first kappa shape index (κ1) is 23.1. The Hall–Kier alpha value is -3.61. The van der Waals surface area contributed by atoms with E-state index in [4.69, 9.17) is 0 Å². The van der Waals surface area contributed by atoms with E-state index in [9.17, 15) is 18.5 Å². The van der Waals surface area contributed by atoms with E-state index in [0.29, 0.717) is 17.5 Å². The Morgan fingerprint density at radius 1 is 1.12 bits per heavy atom. The number of carbonyl (C=O) groups excluding carboxylic acids is 1. The van der Waals surface area contributed by atoms with E-state index in [1.165, 1.54) is 0 Å². The molecule has 1 amide bonds. The first-order valence-electron chi connectivity index (χ1n) is 10.3. The van der Waals surface area contributed by atoms with Crippen molar-refractivity contribution in [3.63, 3.8) is 0 Å². The Bertz CT molecular complexity index is 1230. The number of benzene rings is 2. The number of carbonyl (C=O) groups is 1. The van der Waals surface area contributed by atoms with Gasteiger partial charge in [-0.2, -0.15) is 5.26 Å². The molecule has 5 nitrogen and oxygen atoms in total. The van der Waals surface area contributed by atoms with Gasteiger partial charge in [0, 0.05) is 23.8 Å². The van der Waals surface area contributed by atoms with E-state index in [1.54, 1.807) is 67.6 Å². The smallest absolute Gasteiger partial charge is 0.262 e. The number of hydrogen-bond acceptors (Lipinski definition) is 4. The van der Waals surface area contributed by atoms with Gasteiger partial charge in [-0.25, -0.2) is 8.42 Å². The lowest BCUT2D eigenvalue weighted by Crippen LogP contribution is -2.33. The minimum absolute atomic E-state index is 0.0486. The number of nitrogens with zero attached hydrogens (tertiary/aromatic N) is 1. The average molecular weight is 445 g/mol. The van der Waals surface area contributed by atoms with Crippen molar-refractivity contribution in [1.82, 2.24) is 5.32 Å². The Morgan fingerprint density at radius 3 is 2.34 bits per heavy atom. The summed E-state index contributed by atoms with van der Waals surface area (Å²) in [4.78, 5) is 12.0. The lowest BCUT2D eigenvalue weighted by molar-refractivity contribution is 0.0973. The second-order valence-corrected chi connectivity index (χ2v) is 9.88. The largest absolute Gasteiger partial charge is 0.281 e. The molecule has 0 saturated heterocycles. The van der Waals surface area contributed by atoms with Gasteiger partial charge in [0.2, 0.25) is 0 Å². The summed E-state index contributed by atoms with van der Waals surface area (Å²) >= 11 is 0. The highest BCUT2D eigenvalue weighted by Crippen LogP contribution is 2.46. The van der Waals surface area contributed by atoms with Crippen molar-refractivity contribution in [2.24, 2.45) is 5.41 Å². The molecule has 162 valence electrons. The summed E-state index contributed by atoms with van der Waals surface area (Å²) in [7, 11) is -3.54. The van der Waals surface area contributed by atoms with E-state index >= 15 is 0 Å². The minimum atomic E-state index is -3.54. The molecule has 0 saturated carbocycles. The molecule has 2 atom stereocenters. The van der Waals surface area contributed by atoms with Gasteiger partial charge in [-0.05, 0) is 29.7 Å². The van der Waals surface area contributed by atoms with Gasteiger partial charge in [0.1, 0.15) is 5.25 Å². The second kappa shape index (κ2) is 10.1. The fourth-order valence-corrected chi connectivity index (χ4v) is 5.46. The van der Waals surface area contributed by atoms with Crippen LogP contribution in [0.2, 0.25) is 0 Å². The zero-order valence-corrected chi connectivity index (χ0v) is 18.6. The summed E-state index contributed by atoms with van der Waals surface area (Å²) in [5, 5.41) is 11.6. The summed E-state index contributed by atoms with van der Waals surface area (Å²) in [5.41, 5.74) is 0.828. The molecule has 0 bridgehead atoms. The zero-order chi connectivity index (χ0) is 23.0. The molecule has 0 heterocycles. The molecule has 0 spiro atoms. The minimum Gasteiger partial charge on any atom is -0.281 e. The molecule has 1 aliphatic carbocycles. The van der Waals surface area contributed by atoms with Crippen LogP contribution in [0.4, 0.5) is 0 Å². The Labute approximate surface area is 189 Å². The topological polar surface area (TPSA) is 87.0 Å². The van der Waals surface area contributed by atoms with Crippen LogP contribution in [0.3, 0.4) is 0 Å². The first-order valence-corrected chi connectivity index (χ1v) is 12.0. The van der Waals surface area contributed by atoms with Crippen LogP contribution in [-0.2, 0) is 9.84 Å². The normalized spacial score (nSPS) is 18.4. The molecular formula is C26H24N2O3S. The lowest BCUT2D eigenvalue weighted by Gasteiger charge is -2.33.